The van der Waals surface area contributed by atoms with Gasteiger partial charge in [-0.15, -0.1) is 0 Å². The van der Waals surface area contributed by atoms with Crippen molar-refractivity contribution in [1.29, 1.82) is 0 Å². The summed E-state index contributed by atoms with van der Waals surface area (Å²) in [6, 6.07) is 11.2. The fourth-order valence-electron chi connectivity index (χ4n) is 1.61. The summed E-state index contributed by atoms with van der Waals surface area (Å²) in [4.78, 5) is 8.18. The van der Waals surface area contributed by atoms with Gasteiger partial charge in [-0.05, 0) is 11.6 Å². The molecule has 5 heteroatoms. The third-order valence-electron chi connectivity index (χ3n) is 2.62. The van der Waals surface area contributed by atoms with E-state index in [0.29, 0.717) is 17.0 Å². The second-order valence-electron chi connectivity index (χ2n) is 3.97. The van der Waals surface area contributed by atoms with Crippen LogP contribution in [0.4, 0.5) is 0 Å². The predicted molar refractivity (Wildman–Crippen MR) is 76.5 cm³/mol. The van der Waals surface area contributed by atoms with Crippen molar-refractivity contribution in [2.75, 3.05) is 0 Å². The molecule has 0 aliphatic carbocycles. The van der Waals surface area contributed by atoms with E-state index in [1.165, 1.54) is 0 Å². The summed E-state index contributed by atoms with van der Waals surface area (Å²) < 4.78 is 0. The Labute approximate surface area is 111 Å². The van der Waals surface area contributed by atoms with Crippen LogP contribution in [0, 0.1) is 0 Å². The molecule has 94 valence electrons. The normalized spacial score (nSPS) is 10.0. The van der Waals surface area contributed by atoms with E-state index < -0.39 is 7.12 Å². The lowest BCUT2D eigenvalue weighted by molar-refractivity contribution is 0.422. The molecule has 4 nitrogen and oxygen atoms in total. The van der Waals surface area contributed by atoms with Crippen LogP contribution in [0.5, 0.6) is 0 Å². The molecule has 2 rings (SSSR count). The van der Waals surface area contributed by atoms with Gasteiger partial charge in [-0.2, -0.15) is 0 Å². The monoisotopic (exact) mass is 252 g/mol. The van der Waals surface area contributed by atoms with E-state index in [-0.39, 0.29) is 5.72 Å². The van der Waals surface area contributed by atoms with Crippen LogP contribution >= 0.6 is 0 Å². The van der Waals surface area contributed by atoms with Gasteiger partial charge in [0.15, 0.2) is 5.72 Å². The topological polar surface area (TPSA) is 66.2 Å². The van der Waals surface area contributed by atoms with Crippen molar-refractivity contribution >= 4 is 18.4 Å². The van der Waals surface area contributed by atoms with Crippen molar-refractivity contribution in [2.45, 2.75) is 0 Å². The van der Waals surface area contributed by atoms with Gasteiger partial charge in [0, 0.05) is 5.56 Å². The van der Waals surface area contributed by atoms with Gasteiger partial charge in [-0.25, -0.2) is 9.97 Å². The van der Waals surface area contributed by atoms with Gasteiger partial charge in [0.2, 0.25) is 0 Å². The highest BCUT2D eigenvalue weighted by atomic mass is 16.4. The van der Waals surface area contributed by atoms with Crippen LogP contribution in [-0.2, 0) is 0 Å². The number of hydrogen-bond acceptors (Lipinski definition) is 4. The van der Waals surface area contributed by atoms with Gasteiger partial charge in [0.25, 0.3) is 0 Å². The summed E-state index contributed by atoms with van der Waals surface area (Å²) in [5, 5.41) is 18.5. The third kappa shape index (κ3) is 2.96. The maximum absolute atomic E-state index is 9.25. The van der Waals surface area contributed by atoms with Crippen LogP contribution < -0.4 is 5.72 Å². The van der Waals surface area contributed by atoms with Crippen LogP contribution in [0.1, 0.15) is 5.69 Å². The van der Waals surface area contributed by atoms with Gasteiger partial charge in [-0.1, -0.05) is 49.6 Å². The molecule has 1 heterocycles. The number of rotatable bonds is 4. The van der Waals surface area contributed by atoms with E-state index in [0.717, 1.165) is 5.56 Å². The largest absolute Gasteiger partial charge is 0.528 e. The Hall–Kier alpha value is -2.24. The molecule has 1 aromatic carbocycles. The molecule has 0 amide bonds. The second kappa shape index (κ2) is 5.60. The van der Waals surface area contributed by atoms with Gasteiger partial charge in [0.05, 0.1) is 11.4 Å². The summed E-state index contributed by atoms with van der Waals surface area (Å²) in [5.41, 5.74) is 2.54. The molecule has 0 bridgehead atoms. The predicted octanol–water partition coefficient (Wildman–Crippen LogP) is 1.02. The Kier molecular flexibility index (Phi) is 3.89. The fraction of sp³-hybridized carbons (Fsp3) is 0. The average Bonchev–Trinajstić information content (AvgIpc) is 2.46. The minimum absolute atomic E-state index is 0.0562. The first-order chi connectivity index (χ1) is 9.11. The lowest BCUT2D eigenvalue weighted by atomic mass is 9.90. The molecule has 1 aromatic heterocycles. The Morgan fingerprint density at radius 3 is 2.42 bits per heavy atom. The van der Waals surface area contributed by atoms with Crippen molar-refractivity contribution in [3.63, 3.8) is 0 Å². The minimum atomic E-state index is -1.72. The zero-order valence-corrected chi connectivity index (χ0v) is 10.3. The molecule has 0 aliphatic rings. The van der Waals surface area contributed by atoms with Crippen molar-refractivity contribution in [1.82, 2.24) is 9.97 Å². The summed E-state index contributed by atoms with van der Waals surface area (Å²) in [5.74, 6) is 0. The zero-order chi connectivity index (χ0) is 13.8. The SMILES string of the molecule is C=CC(=C)c1cc(-c2ccccc2)nc(B(O)O)n1. The third-order valence-corrected chi connectivity index (χ3v) is 2.62. The fourth-order valence-corrected chi connectivity index (χ4v) is 1.61. The van der Waals surface area contributed by atoms with Crippen molar-refractivity contribution in [3.8, 4) is 11.3 Å². The molecule has 0 radical (unpaired) electrons. The lowest BCUT2D eigenvalue weighted by Gasteiger charge is -2.08. The molecule has 0 unspecified atom stereocenters. The number of nitrogens with zero attached hydrogens (tertiary/aromatic N) is 2. The first-order valence-corrected chi connectivity index (χ1v) is 5.74. The van der Waals surface area contributed by atoms with Crippen LogP contribution in [0.2, 0.25) is 0 Å². The standard InChI is InChI=1S/C14H13BN2O2/c1-3-10(2)12-9-13(11-7-5-4-6-8-11)17-14(16-12)15(18)19/h3-9,18-19H,1-2H2. The molecule has 0 aliphatic heterocycles. The van der Waals surface area contributed by atoms with E-state index in [4.69, 9.17) is 0 Å². The highest BCUT2D eigenvalue weighted by Gasteiger charge is 2.18. The Bertz CT molecular complexity index is 612. The second-order valence-corrected chi connectivity index (χ2v) is 3.97. The Balaban J connectivity index is 2.58. The summed E-state index contributed by atoms with van der Waals surface area (Å²) in [7, 11) is -1.72. The molecule has 0 atom stereocenters. The first-order valence-electron chi connectivity index (χ1n) is 5.74. The van der Waals surface area contributed by atoms with Gasteiger partial charge in [0.1, 0.15) is 0 Å². The molecule has 0 saturated heterocycles. The lowest BCUT2D eigenvalue weighted by Crippen LogP contribution is -2.36. The number of aromatic nitrogens is 2. The number of hydrogen-bond donors (Lipinski definition) is 2. The van der Waals surface area contributed by atoms with Gasteiger partial charge < -0.3 is 10.0 Å². The van der Waals surface area contributed by atoms with Crippen LogP contribution in [0.25, 0.3) is 16.8 Å². The van der Waals surface area contributed by atoms with E-state index >= 15 is 0 Å². The van der Waals surface area contributed by atoms with Gasteiger partial charge in [-0.3, -0.25) is 0 Å². The van der Waals surface area contributed by atoms with Crippen molar-refractivity contribution in [3.05, 3.63) is 61.3 Å². The molecule has 0 fully saturated rings. The zero-order valence-electron chi connectivity index (χ0n) is 10.3. The molecule has 2 N–H and O–H groups in total. The van der Waals surface area contributed by atoms with Crippen LogP contribution in [0.15, 0.2) is 55.6 Å². The quantitative estimate of drug-likeness (QED) is 0.629. The molecule has 19 heavy (non-hydrogen) atoms. The molecule has 0 saturated carbocycles. The van der Waals surface area contributed by atoms with E-state index in [9.17, 15) is 10.0 Å². The first kappa shape index (κ1) is 13.2. The maximum Gasteiger partial charge on any atom is 0.528 e. The smallest absolute Gasteiger partial charge is 0.421 e. The minimum Gasteiger partial charge on any atom is -0.421 e. The van der Waals surface area contributed by atoms with Crippen LogP contribution in [-0.4, -0.2) is 27.1 Å². The van der Waals surface area contributed by atoms with E-state index in [1.807, 2.05) is 30.3 Å². The van der Waals surface area contributed by atoms with Crippen molar-refractivity contribution in [2.24, 2.45) is 0 Å². The average molecular weight is 252 g/mol. The highest BCUT2D eigenvalue weighted by molar-refractivity contribution is 6.56. The van der Waals surface area contributed by atoms with E-state index in [1.54, 1.807) is 12.1 Å². The highest BCUT2D eigenvalue weighted by Crippen LogP contribution is 2.18. The molecule has 2 aromatic rings. The molecule has 0 spiro atoms. The molecular weight excluding hydrogens is 239 g/mol. The number of allylic oxidation sites excluding steroid dienone is 2. The van der Waals surface area contributed by atoms with Crippen LogP contribution in [0.3, 0.4) is 0 Å². The summed E-state index contributed by atoms with van der Waals surface area (Å²) in [6.07, 6.45) is 1.56. The maximum atomic E-state index is 9.25. The summed E-state index contributed by atoms with van der Waals surface area (Å²) in [6.45, 7) is 7.44. The molecular formula is C14H13BN2O2. The van der Waals surface area contributed by atoms with Crippen molar-refractivity contribution < 1.29 is 10.0 Å². The summed E-state index contributed by atoms with van der Waals surface area (Å²) >= 11 is 0. The Morgan fingerprint density at radius 2 is 1.84 bits per heavy atom. The van der Waals surface area contributed by atoms with Gasteiger partial charge >= 0.3 is 7.12 Å². The number of benzene rings is 1. The van der Waals surface area contributed by atoms with E-state index in [2.05, 4.69) is 23.1 Å². The Morgan fingerprint density at radius 1 is 1.16 bits per heavy atom.